The smallest absolute Gasteiger partial charge is 0.306 e. The number of carbonyl (C=O) groups excluding carboxylic acids is 3. The monoisotopic (exact) mass is 969 g/mol. The minimum atomic E-state index is -0.776. The van der Waals surface area contributed by atoms with Crippen molar-refractivity contribution in [3.63, 3.8) is 0 Å². The molecule has 0 rings (SSSR count). The lowest BCUT2D eigenvalue weighted by Gasteiger charge is -2.18. The van der Waals surface area contributed by atoms with Crippen molar-refractivity contribution in [2.45, 2.75) is 335 Å². The Morgan fingerprint density at radius 2 is 0.522 bits per heavy atom. The molecule has 0 aromatic rings. The van der Waals surface area contributed by atoms with Gasteiger partial charge in [-0.15, -0.1) is 0 Å². The van der Waals surface area contributed by atoms with Gasteiger partial charge in [-0.25, -0.2) is 0 Å². The number of ether oxygens (including phenoxy) is 3. The summed E-state index contributed by atoms with van der Waals surface area (Å²) in [5.74, 6) is -0.865. The lowest BCUT2D eigenvalue weighted by molar-refractivity contribution is -0.167. The van der Waals surface area contributed by atoms with E-state index in [9.17, 15) is 14.4 Å². The number of hydrogen-bond acceptors (Lipinski definition) is 6. The lowest BCUT2D eigenvalue weighted by Crippen LogP contribution is -2.30. The summed E-state index contributed by atoms with van der Waals surface area (Å²) in [5, 5.41) is 0. The Balaban J connectivity index is 4.34. The van der Waals surface area contributed by atoms with Crippen LogP contribution in [0.3, 0.4) is 0 Å². The van der Waals surface area contributed by atoms with Gasteiger partial charge in [0.05, 0.1) is 0 Å². The van der Waals surface area contributed by atoms with Crippen LogP contribution >= 0.6 is 0 Å². The maximum atomic E-state index is 12.9. The Hall–Kier alpha value is -2.37. The maximum absolute atomic E-state index is 12.9. The summed E-state index contributed by atoms with van der Waals surface area (Å²) in [6.45, 7) is 6.64. The van der Waals surface area contributed by atoms with Crippen LogP contribution in [-0.4, -0.2) is 37.2 Å². The molecule has 0 unspecified atom stereocenters. The van der Waals surface area contributed by atoms with Crippen molar-refractivity contribution in [2.75, 3.05) is 13.2 Å². The fourth-order valence-electron chi connectivity index (χ4n) is 9.00. The van der Waals surface area contributed by atoms with E-state index in [-0.39, 0.29) is 31.1 Å². The zero-order valence-corrected chi connectivity index (χ0v) is 46.3. The van der Waals surface area contributed by atoms with Gasteiger partial charge < -0.3 is 14.2 Å². The first-order valence-corrected chi connectivity index (χ1v) is 30.5. The molecule has 404 valence electrons. The van der Waals surface area contributed by atoms with E-state index in [2.05, 4.69) is 57.2 Å². The molecular formula is C63H116O6. The van der Waals surface area contributed by atoms with E-state index in [0.29, 0.717) is 19.3 Å². The highest BCUT2D eigenvalue weighted by Gasteiger charge is 2.19. The normalized spacial score (nSPS) is 12.2. The summed E-state index contributed by atoms with van der Waals surface area (Å²) in [6, 6.07) is 0. The predicted molar refractivity (Wildman–Crippen MR) is 298 cm³/mol. The van der Waals surface area contributed by atoms with Crippen LogP contribution in [0.4, 0.5) is 0 Å². The first-order chi connectivity index (χ1) is 34.0. The van der Waals surface area contributed by atoms with Crippen molar-refractivity contribution in [1.29, 1.82) is 0 Å². The number of carbonyl (C=O) groups is 3. The van der Waals surface area contributed by atoms with Gasteiger partial charge >= 0.3 is 17.9 Å². The molecule has 0 heterocycles. The summed E-state index contributed by atoms with van der Waals surface area (Å²) in [4.78, 5) is 38.2. The molecule has 0 aromatic carbocycles. The van der Waals surface area contributed by atoms with Gasteiger partial charge in [0, 0.05) is 19.3 Å². The molecule has 6 heteroatoms. The molecule has 0 aromatic heterocycles. The van der Waals surface area contributed by atoms with E-state index in [0.717, 1.165) is 70.6 Å². The quantitative estimate of drug-likeness (QED) is 0.0261. The molecule has 0 aliphatic rings. The van der Waals surface area contributed by atoms with Crippen LogP contribution in [0.2, 0.25) is 0 Å². The number of unbranched alkanes of at least 4 members (excludes halogenated alkanes) is 39. The zero-order chi connectivity index (χ0) is 50.0. The fourth-order valence-corrected chi connectivity index (χ4v) is 9.00. The van der Waals surface area contributed by atoms with Gasteiger partial charge in [0.2, 0.25) is 0 Å². The van der Waals surface area contributed by atoms with Crippen LogP contribution in [0.1, 0.15) is 329 Å². The van der Waals surface area contributed by atoms with E-state index in [4.69, 9.17) is 14.2 Å². The fraction of sp³-hybridized carbons (Fsp3) is 0.857. The summed E-state index contributed by atoms with van der Waals surface area (Å²) < 4.78 is 16.9. The molecule has 0 N–H and O–H groups in total. The van der Waals surface area contributed by atoms with Gasteiger partial charge in [-0.3, -0.25) is 14.4 Å². The SMILES string of the molecule is CCCCC/C=C\C/C=C\CCCCCCCCCC(=O)O[C@H](COC(=O)CCCCCCCCC/C=C\CCCCCC)COC(=O)CCCCCCCCCCCCCCCCCCCCC. The average Bonchev–Trinajstić information content (AvgIpc) is 3.35. The zero-order valence-electron chi connectivity index (χ0n) is 46.3. The second-order valence-corrected chi connectivity index (χ2v) is 20.6. The highest BCUT2D eigenvalue weighted by atomic mass is 16.6. The van der Waals surface area contributed by atoms with Gasteiger partial charge in [-0.2, -0.15) is 0 Å². The summed E-state index contributed by atoms with van der Waals surface area (Å²) in [5.41, 5.74) is 0. The standard InChI is InChI=1S/C63H116O6/c1-4-7-10-13-16-19-22-25-28-30-31-33-35-38-41-44-47-50-53-56-62(65)68-59-60(58-67-61(64)55-52-49-46-43-40-37-34-27-24-21-18-15-12-9-6-3)69-63(66)57-54-51-48-45-42-39-36-32-29-26-23-20-17-14-11-8-5-2/h17,20-21,24,26,29,60H,4-16,18-19,22-23,25,27-28,30-59H2,1-3H3/b20-17-,24-21-,29-26-/t60-/m1/s1. The molecule has 0 aliphatic carbocycles. The summed E-state index contributed by atoms with van der Waals surface area (Å²) in [7, 11) is 0. The molecule has 0 saturated carbocycles. The largest absolute Gasteiger partial charge is 0.462 e. The Labute approximate surface area is 429 Å². The minimum Gasteiger partial charge on any atom is -0.462 e. The molecular weight excluding hydrogens is 853 g/mol. The second-order valence-electron chi connectivity index (χ2n) is 20.6. The van der Waals surface area contributed by atoms with Crippen LogP contribution in [0, 0.1) is 0 Å². The van der Waals surface area contributed by atoms with Crippen LogP contribution in [-0.2, 0) is 28.6 Å². The van der Waals surface area contributed by atoms with E-state index >= 15 is 0 Å². The number of allylic oxidation sites excluding steroid dienone is 6. The van der Waals surface area contributed by atoms with Crippen LogP contribution in [0.5, 0.6) is 0 Å². The molecule has 0 fully saturated rings. The predicted octanol–water partition coefficient (Wildman–Crippen LogP) is 20.4. The molecule has 0 saturated heterocycles. The van der Waals surface area contributed by atoms with Crippen LogP contribution in [0.15, 0.2) is 36.5 Å². The first-order valence-electron chi connectivity index (χ1n) is 30.5. The van der Waals surface area contributed by atoms with Crippen molar-refractivity contribution in [3.05, 3.63) is 36.5 Å². The van der Waals surface area contributed by atoms with Gasteiger partial charge in [0.1, 0.15) is 13.2 Å². The van der Waals surface area contributed by atoms with Gasteiger partial charge in [0.25, 0.3) is 0 Å². The van der Waals surface area contributed by atoms with Gasteiger partial charge in [-0.05, 0) is 77.0 Å². The number of rotatable bonds is 56. The number of hydrogen-bond donors (Lipinski definition) is 0. The Morgan fingerprint density at radius 3 is 0.855 bits per heavy atom. The Kier molecular flexibility index (Phi) is 56.2. The molecule has 0 bridgehead atoms. The van der Waals surface area contributed by atoms with E-state index < -0.39 is 6.10 Å². The maximum Gasteiger partial charge on any atom is 0.306 e. The minimum absolute atomic E-state index is 0.0728. The van der Waals surface area contributed by atoms with Gasteiger partial charge in [-0.1, -0.05) is 269 Å². The molecule has 6 nitrogen and oxygen atoms in total. The molecule has 69 heavy (non-hydrogen) atoms. The third kappa shape index (κ3) is 56.4. The van der Waals surface area contributed by atoms with Crippen molar-refractivity contribution in [3.8, 4) is 0 Å². The second kappa shape index (κ2) is 58.2. The van der Waals surface area contributed by atoms with E-state index in [1.165, 1.54) is 218 Å². The molecule has 0 aliphatic heterocycles. The Bertz CT molecular complexity index is 1160. The van der Waals surface area contributed by atoms with Crippen molar-refractivity contribution in [2.24, 2.45) is 0 Å². The highest BCUT2D eigenvalue weighted by molar-refractivity contribution is 5.71. The van der Waals surface area contributed by atoms with Crippen molar-refractivity contribution < 1.29 is 28.6 Å². The van der Waals surface area contributed by atoms with Crippen LogP contribution < -0.4 is 0 Å². The number of esters is 3. The topological polar surface area (TPSA) is 78.9 Å². The Morgan fingerprint density at radius 1 is 0.290 bits per heavy atom. The summed E-state index contributed by atoms with van der Waals surface area (Å²) in [6.07, 6.45) is 69.9. The molecule has 1 atom stereocenters. The van der Waals surface area contributed by atoms with E-state index in [1.54, 1.807) is 0 Å². The molecule has 0 amide bonds. The van der Waals surface area contributed by atoms with Crippen LogP contribution in [0.25, 0.3) is 0 Å². The average molecular weight is 970 g/mol. The third-order valence-electron chi connectivity index (χ3n) is 13.6. The molecule has 0 radical (unpaired) electrons. The van der Waals surface area contributed by atoms with Gasteiger partial charge in [0.15, 0.2) is 6.10 Å². The van der Waals surface area contributed by atoms with Crippen molar-refractivity contribution >= 4 is 17.9 Å². The van der Waals surface area contributed by atoms with E-state index in [1.807, 2.05) is 0 Å². The lowest BCUT2D eigenvalue weighted by atomic mass is 10.0. The van der Waals surface area contributed by atoms with Crippen molar-refractivity contribution in [1.82, 2.24) is 0 Å². The first kappa shape index (κ1) is 66.6. The highest BCUT2D eigenvalue weighted by Crippen LogP contribution is 2.17. The third-order valence-corrected chi connectivity index (χ3v) is 13.6. The molecule has 0 spiro atoms. The summed E-state index contributed by atoms with van der Waals surface area (Å²) >= 11 is 0.